The number of aryl methyl sites for hydroxylation is 1. The highest BCUT2D eigenvalue weighted by molar-refractivity contribution is 6.35. The fourth-order valence-corrected chi connectivity index (χ4v) is 9.11. The molecule has 4 N–H and O–H groups in total. The number of allylic oxidation sites excluding steroid dienone is 3. The van der Waals surface area contributed by atoms with Gasteiger partial charge in [-0.3, -0.25) is 25.1 Å². The molecule has 66 heavy (non-hydrogen) atoms. The van der Waals surface area contributed by atoms with Crippen LogP contribution in [0.2, 0.25) is 5.02 Å². The highest BCUT2D eigenvalue weighted by atomic mass is 35.5. The van der Waals surface area contributed by atoms with Crippen molar-refractivity contribution in [1.82, 2.24) is 30.5 Å². The molecule has 358 valence electrons. The quantitative estimate of drug-likeness (QED) is 0.108. The van der Waals surface area contributed by atoms with E-state index < -0.39 is 71.5 Å². The first kappa shape index (κ1) is 50.0. The molecule has 8 atom stereocenters. The van der Waals surface area contributed by atoms with E-state index in [1.807, 2.05) is 62.4 Å². The molecule has 3 aliphatic rings. The Morgan fingerprint density at radius 2 is 1.86 bits per heavy atom. The molecule has 0 saturated carbocycles. The zero-order chi connectivity index (χ0) is 48.2. The number of ether oxygens (including phenoxy) is 4. The Morgan fingerprint density at radius 1 is 1.14 bits per heavy atom. The molecule has 0 radical (unpaired) electrons. The van der Waals surface area contributed by atoms with Crippen LogP contribution >= 0.6 is 11.6 Å². The van der Waals surface area contributed by atoms with Gasteiger partial charge in [0, 0.05) is 64.1 Å². The van der Waals surface area contributed by atoms with Crippen molar-refractivity contribution in [3.05, 3.63) is 82.5 Å². The molecule has 2 fully saturated rings. The first-order chi connectivity index (χ1) is 31.2. The third kappa shape index (κ3) is 11.2. The summed E-state index contributed by atoms with van der Waals surface area (Å²) in [5, 5.41) is 20.1. The maximum atomic E-state index is 14.3. The second kappa shape index (κ2) is 20.6. The van der Waals surface area contributed by atoms with Crippen molar-refractivity contribution in [3.63, 3.8) is 0 Å². The number of hydrogen-bond acceptors (Lipinski definition) is 12. The fraction of sp³-hybridized carbons (Fsp3) is 0.521. The van der Waals surface area contributed by atoms with Gasteiger partial charge in [0.15, 0.2) is 0 Å². The Balaban J connectivity index is 1.19. The number of nitrogens with one attached hydrogen (secondary N) is 3. The lowest BCUT2D eigenvalue weighted by Crippen LogP contribution is -2.57. The van der Waals surface area contributed by atoms with E-state index in [4.69, 9.17) is 30.5 Å². The molecule has 1 aromatic heterocycles. The molecule has 4 bridgehead atoms. The van der Waals surface area contributed by atoms with Gasteiger partial charge >= 0.3 is 12.1 Å². The number of epoxide rings is 1. The van der Waals surface area contributed by atoms with E-state index in [9.17, 15) is 29.1 Å². The Labute approximate surface area is 391 Å². The normalized spacial score (nSPS) is 26.8. The lowest BCUT2D eigenvalue weighted by Gasteiger charge is -2.39. The van der Waals surface area contributed by atoms with Gasteiger partial charge in [-0.1, -0.05) is 60.5 Å². The van der Waals surface area contributed by atoms with Gasteiger partial charge in [-0.15, -0.1) is 0 Å². The minimum atomic E-state index is -1.61. The number of anilines is 1. The summed E-state index contributed by atoms with van der Waals surface area (Å²) in [4.78, 5) is 70.9. The number of aliphatic hydroxyl groups is 1. The number of likely N-dealkylation sites (N-methyl/N-ethyl adjacent to an activating group) is 1. The van der Waals surface area contributed by atoms with Gasteiger partial charge in [0.05, 0.1) is 31.9 Å². The van der Waals surface area contributed by atoms with Crippen LogP contribution in [-0.2, 0) is 52.9 Å². The van der Waals surface area contributed by atoms with Crippen LogP contribution in [0, 0.1) is 5.92 Å². The van der Waals surface area contributed by atoms with Gasteiger partial charge in [-0.2, -0.15) is 0 Å². The largest absolute Gasteiger partial charge is 0.495 e. The summed E-state index contributed by atoms with van der Waals surface area (Å²) in [6.07, 6.45) is 2.36. The van der Waals surface area contributed by atoms with Crippen molar-refractivity contribution in [2.45, 2.75) is 122 Å². The molecule has 3 aliphatic heterocycles. The SMILES string of the molecule is CNN(C)Cc1cc2ccccc2n1CCC(=O)NC(C)C(=O)N(C)[C@@H](C)C(=O)O[C@H]1CC(=O)N(C)c2cc(cc(OC)c2Cl)C/C(C)=C/C=C/C[C@@]2(O)C[C@H](OC(=O)N2)[C@@H](C)C2O[C@]21C. The molecule has 17 nitrogen and oxygen atoms in total. The molecule has 4 heterocycles. The van der Waals surface area contributed by atoms with Crippen LogP contribution in [0.5, 0.6) is 5.75 Å². The van der Waals surface area contributed by atoms with Crippen LogP contribution in [0.1, 0.15) is 71.6 Å². The predicted molar refractivity (Wildman–Crippen MR) is 249 cm³/mol. The van der Waals surface area contributed by atoms with Crippen molar-refractivity contribution in [3.8, 4) is 5.75 Å². The van der Waals surface area contributed by atoms with Crippen molar-refractivity contribution in [2.24, 2.45) is 5.92 Å². The highest BCUT2D eigenvalue weighted by Crippen LogP contribution is 2.49. The maximum Gasteiger partial charge on any atom is 0.409 e. The van der Waals surface area contributed by atoms with Crippen LogP contribution in [0.25, 0.3) is 10.9 Å². The van der Waals surface area contributed by atoms with Crippen LogP contribution in [-0.4, -0.2) is 126 Å². The minimum absolute atomic E-state index is 0.0381. The fourth-order valence-electron chi connectivity index (χ4n) is 8.80. The smallest absolute Gasteiger partial charge is 0.409 e. The van der Waals surface area contributed by atoms with Crippen LogP contribution < -0.4 is 25.7 Å². The Bertz CT molecular complexity index is 2390. The van der Waals surface area contributed by atoms with Crippen LogP contribution in [0.15, 0.2) is 66.3 Å². The number of alkyl carbamates (subject to hydrolysis) is 1. The molecule has 2 aromatic carbocycles. The molecular weight excluding hydrogens is 870 g/mol. The lowest BCUT2D eigenvalue weighted by atomic mass is 9.84. The molecule has 0 spiro atoms. The lowest BCUT2D eigenvalue weighted by molar-refractivity contribution is -0.162. The number of hydrogen-bond donors (Lipinski definition) is 4. The number of carbonyl (C=O) groups is 5. The number of para-hydroxylation sites is 1. The molecule has 2 saturated heterocycles. The predicted octanol–water partition coefficient (Wildman–Crippen LogP) is 5.01. The number of fused-ring (bicyclic) bond motifs is 6. The zero-order valence-electron chi connectivity index (χ0n) is 39.5. The average molecular weight is 935 g/mol. The highest BCUT2D eigenvalue weighted by Gasteiger charge is 2.64. The van der Waals surface area contributed by atoms with Crippen LogP contribution in [0.4, 0.5) is 10.5 Å². The summed E-state index contributed by atoms with van der Waals surface area (Å²) in [5.74, 6) is -2.31. The molecule has 18 heteroatoms. The van der Waals surface area contributed by atoms with Crippen molar-refractivity contribution in [1.29, 1.82) is 0 Å². The molecule has 4 amide bonds. The van der Waals surface area contributed by atoms with Gasteiger partial charge < -0.3 is 43.7 Å². The Kier molecular flexibility index (Phi) is 15.6. The standard InChI is InChI=1S/C48H64ClN7O10/c1-28-15-13-14-19-48(62)26-38(64-46(61)52-48)29(2)43-47(5,66-43)39(25-41(58)55(9)36-22-32(21-28)23-37(63-10)42(36)49)65-45(60)31(4)54(8)44(59)30(3)51-40(57)18-20-56-34(27-53(7)50-6)24-33-16-11-12-17-35(33)56/h11-17,22-24,29-31,38-39,43,50,62H,18-21,25-27H2,1-10H3,(H,51,57)(H,52,61)/b14-13+,28-15+/t29-,30?,31+,38+,39+,43?,47+,48-/m1/s1. The molecule has 2 unspecified atom stereocenters. The summed E-state index contributed by atoms with van der Waals surface area (Å²) < 4.78 is 25.8. The summed E-state index contributed by atoms with van der Waals surface area (Å²) in [5.41, 5.74) is 4.38. The maximum absolute atomic E-state index is 14.3. The first-order valence-electron chi connectivity index (χ1n) is 22.2. The topological polar surface area (TPSA) is 197 Å². The number of esters is 1. The van der Waals surface area contributed by atoms with Crippen molar-refractivity contribution < 1.29 is 48.0 Å². The van der Waals surface area contributed by atoms with Crippen LogP contribution in [0.3, 0.4) is 0 Å². The number of aromatic nitrogens is 1. The van der Waals surface area contributed by atoms with E-state index in [2.05, 4.69) is 26.7 Å². The molecular formula is C48H64ClN7O10. The zero-order valence-corrected chi connectivity index (χ0v) is 40.2. The van der Waals surface area contributed by atoms with Crippen molar-refractivity contribution >= 4 is 58.0 Å². The Morgan fingerprint density at radius 3 is 2.58 bits per heavy atom. The van der Waals surface area contributed by atoms with Crippen molar-refractivity contribution in [2.75, 3.05) is 40.2 Å². The number of hydrazine groups is 1. The van der Waals surface area contributed by atoms with E-state index in [0.29, 0.717) is 30.9 Å². The van der Waals surface area contributed by atoms with E-state index in [1.54, 1.807) is 46.0 Å². The Hall–Kier alpha value is -5.46. The number of halogens is 1. The summed E-state index contributed by atoms with van der Waals surface area (Å²) in [7, 11) is 8.26. The number of carbonyl (C=O) groups excluding carboxylic acids is 5. The molecule has 3 aromatic rings. The monoisotopic (exact) mass is 933 g/mol. The molecule has 6 rings (SSSR count). The number of nitrogens with zero attached hydrogens (tertiary/aromatic N) is 4. The minimum Gasteiger partial charge on any atom is -0.495 e. The average Bonchev–Trinajstić information content (AvgIpc) is 3.86. The second-order valence-electron chi connectivity index (χ2n) is 18.0. The van der Waals surface area contributed by atoms with E-state index in [1.165, 1.54) is 30.9 Å². The summed E-state index contributed by atoms with van der Waals surface area (Å²) in [6, 6.07) is 11.5. The van der Waals surface area contributed by atoms with Gasteiger partial charge in [0.25, 0.3) is 0 Å². The van der Waals surface area contributed by atoms with E-state index in [0.717, 1.165) is 27.7 Å². The number of methoxy groups -OCH3 is 1. The number of amides is 4. The summed E-state index contributed by atoms with van der Waals surface area (Å²) >= 11 is 6.81. The third-order valence-corrected chi connectivity index (χ3v) is 13.5. The van der Waals surface area contributed by atoms with E-state index in [-0.39, 0.29) is 36.6 Å². The summed E-state index contributed by atoms with van der Waals surface area (Å²) in [6.45, 7) is 9.49. The first-order valence-corrected chi connectivity index (χ1v) is 22.6. The van der Waals surface area contributed by atoms with Gasteiger partial charge in [-0.25, -0.2) is 14.6 Å². The van der Waals surface area contributed by atoms with Gasteiger partial charge in [0.2, 0.25) is 17.7 Å². The number of benzene rings is 2. The second-order valence-corrected chi connectivity index (χ2v) is 18.4. The number of rotatable bonds is 12. The molecule has 0 aliphatic carbocycles. The van der Waals surface area contributed by atoms with Gasteiger partial charge in [0.1, 0.15) is 46.4 Å². The third-order valence-electron chi connectivity index (χ3n) is 13.1. The van der Waals surface area contributed by atoms with Gasteiger partial charge in [-0.05, 0) is 76.4 Å². The van der Waals surface area contributed by atoms with E-state index >= 15 is 0 Å².